The van der Waals surface area contributed by atoms with E-state index in [4.69, 9.17) is 17.4 Å². The van der Waals surface area contributed by atoms with Crippen molar-refractivity contribution < 1.29 is 0 Å². The summed E-state index contributed by atoms with van der Waals surface area (Å²) in [6.45, 7) is 2.14. The van der Waals surface area contributed by atoms with E-state index < -0.39 is 0 Å². The van der Waals surface area contributed by atoms with Crippen molar-refractivity contribution in [2.75, 3.05) is 0 Å². The largest absolute Gasteiger partial charge is 0.271 e. The molecular formula is C10H14ClIN2. The van der Waals surface area contributed by atoms with E-state index in [1.54, 1.807) is 0 Å². The minimum atomic E-state index is 0.200. The lowest BCUT2D eigenvalue weighted by atomic mass is 10.0. The molecule has 0 aliphatic carbocycles. The molecule has 0 aliphatic rings. The van der Waals surface area contributed by atoms with Crippen LogP contribution in [0.4, 0.5) is 0 Å². The predicted molar refractivity (Wildman–Crippen MR) is 69.1 cm³/mol. The summed E-state index contributed by atoms with van der Waals surface area (Å²) in [4.78, 5) is 0. The normalized spacial score (nSPS) is 12.9. The zero-order valence-electron chi connectivity index (χ0n) is 8.06. The minimum absolute atomic E-state index is 0.200. The highest BCUT2D eigenvalue weighted by Gasteiger charge is 2.11. The molecular weight excluding hydrogens is 310 g/mol. The first-order valence-corrected chi connectivity index (χ1v) is 6.05. The molecule has 0 saturated carbocycles. The van der Waals surface area contributed by atoms with E-state index in [1.807, 2.05) is 18.2 Å². The molecule has 0 spiro atoms. The summed E-state index contributed by atoms with van der Waals surface area (Å²) in [5.41, 5.74) is 4.01. The second kappa shape index (κ2) is 5.90. The maximum absolute atomic E-state index is 5.95. The Morgan fingerprint density at radius 1 is 1.57 bits per heavy atom. The summed E-state index contributed by atoms with van der Waals surface area (Å²) in [5.74, 6) is 5.51. The highest BCUT2D eigenvalue weighted by Crippen LogP contribution is 2.26. The molecule has 14 heavy (non-hydrogen) atoms. The zero-order valence-corrected chi connectivity index (χ0v) is 11.0. The van der Waals surface area contributed by atoms with Gasteiger partial charge in [-0.3, -0.25) is 11.3 Å². The molecule has 0 amide bonds. The van der Waals surface area contributed by atoms with E-state index in [0.29, 0.717) is 0 Å². The van der Waals surface area contributed by atoms with E-state index >= 15 is 0 Å². The maximum Gasteiger partial charge on any atom is 0.0470 e. The lowest BCUT2D eigenvalue weighted by Crippen LogP contribution is -2.28. The summed E-state index contributed by atoms with van der Waals surface area (Å²) >= 11 is 8.25. The lowest BCUT2D eigenvalue weighted by Gasteiger charge is -2.17. The standard InChI is InChI=1S/C10H14ClIN2/c1-2-3-10(14-13)8-6-7(11)4-5-9(8)12/h4-6,10,14H,2-3,13H2,1H3. The highest BCUT2D eigenvalue weighted by molar-refractivity contribution is 14.1. The summed E-state index contributed by atoms with van der Waals surface area (Å²) in [5, 5.41) is 0.761. The summed E-state index contributed by atoms with van der Waals surface area (Å²) in [7, 11) is 0. The van der Waals surface area contributed by atoms with Gasteiger partial charge in [-0.1, -0.05) is 24.9 Å². The van der Waals surface area contributed by atoms with E-state index in [9.17, 15) is 0 Å². The maximum atomic E-state index is 5.95. The Morgan fingerprint density at radius 3 is 2.86 bits per heavy atom. The quantitative estimate of drug-likeness (QED) is 0.507. The van der Waals surface area contributed by atoms with Crippen molar-refractivity contribution in [1.29, 1.82) is 0 Å². The van der Waals surface area contributed by atoms with Crippen LogP contribution in [0, 0.1) is 3.57 Å². The van der Waals surface area contributed by atoms with Gasteiger partial charge < -0.3 is 0 Å². The summed E-state index contributed by atoms with van der Waals surface area (Å²) in [6.07, 6.45) is 2.12. The third kappa shape index (κ3) is 3.08. The number of hydrogen-bond donors (Lipinski definition) is 2. The average molecular weight is 325 g/mol. The fourth-order valence-electron chi connectivity index (χ4n) is 1.40. The Morgan fingerprint density at radius 2 is 2.29 bits per heavy atom. The summed E-state index contributed by atoms with van der Waals surface area (Å²) in [6, 6.07) is 6.08. The number of halogens is 2. The molecule has 78 valence electrons. The van der Waals surface area contributed by atoms with Crippen LogP contribution in [-0.2, 0) is 0 Å². The number of nitrogens with one attached hydrogen (secondary N) is 1. The van der Waals surface area contributed by atoms with Crippen LogP contribution < -0.4 is 11.3 Å². The molecule has 4 heteroatoms. The van der Waals surface area contributed by atoms with Crippen LogP contribution in [0.3, 0.4) is 0 Å². The van der Waals surface area contributed by atoms with E-state index in [-0.39, 0.29) is 6.04 Å². The SMILES string of the molecule is CCCC(NN)c1cc(Cl)ccc1I. The van der Waals surface area contributed by atoms with Crippen molar-refractivity contribution in [3.63, 3.8) is 0 Å². The predicted octanol–water partition coefficient (Wildman–Crippen LogP) is 3.25. The van der Waals surface area contributed by atoms with Gasteiger partial charge in [0.2, 0.25) is 0 Å². The fourth-order valence-corrected chi connectivity index (χ4v) is 2.29. The monoisotopic (exact) mass is 324 g/mol. The van der Waals surface area contributed by atoms with Gasteiger partial charge in [0.15, 0.2) is 0 Å². The lowest BCUT2D eigenvalue weighted by molar-refractivity contribution is 0.508. The molecule has 3 N–H and O–H groups in total. The molecule has 1 atom stereocenters. The molecule has 0 fully saturated rings. The van der Waals surface area contributed by atoms with Gasteiger partial charge in [-0.2, -0.15) is 0 Å². The molecule has 0 heterocycles. The van der Waals surface area contributed by atoms with Crippen LogP contribution in [0.1, 0.15) is 31.4 Å². The molecule has 0 aromatic heterocycles. The van der Waals surface area contributed by atoms with E-state index in [2.05, 4.69) is 34.9 Å². The van der Waals surface area contributed by atoms with Crippen LogP contribution in [0.15, 0.2) is 18.2 Å². The topological polar surface area (TPSA) is 38.0 Å². The first-order chi connectivity index (χ1) is 6.69. The van der Waals surface area contributed by atoms with Crippen molar-refractivity contribution in [2.45, 2.75) is 25.8 Å². The Hall–Kier alpha value is 0.160. The molecule has 1 unspecified atom stereocenters. The smallest absolute Gasteiger partial charge is 0.0470 e. The van der Waals surface area contributed by atoms with Gasteiger partial charge in [0.05, 0.1) is 0 Å². The Labute approximate surface area is 103 Å². The average Bonchev–Trinajstić information content (AvgIpc) is 2.18. The third-order valence-corrected chi connectivity index (χ3v) is 3.33. The molecule has 0 radical (unpaired) electrons. The summed E-state index contributed by atoms with van der Waals surface area (Å²) < 4.78 is 1.20. The number of benzene rings is 1. The van der Waals surface area contributed by atoms with Gasteiger partial charge in [-0.25, -0.2) is 0 Å². The molecule has 2 nitrogen and oxygen atoms in total. The molecule has 1 aromatic rings. The molecule has 0 saturated heterocycles. The third-order valence-electron chi connectivity index (χ3n) is 2.11. The molecule has 1 rings (SSSR count). The molecule has 0 aliphatic heterocycles. The van der Waals surface area contributed by atoms with Gasteiger partial charge in [-0.05, 0) is 52.8 Å². The second-order valence-electron chi connectivity index (χ2n) is 3.17. The van der Waals surface area contributed by atoms with Crippen molar-refractivity contribution >= 4 is 34.2 Å². The Bertz CT molecular complexity index is 304. The van der Waals surface area contributed by atoms with Crippen molar-refractivity contribution in [1.82, 2.24) is 5.43 Å². The van der Waals surface area contributed by atoms with Crippen molar-refractivity contribution in [3.05, 3.63) is 32.4 Å². The first kappa shape index (κ1) is 12.2. The first-order valence-electron chi connectivity index (χ1n) is 4.60. The van der Waals surface area contributed by atoms with Crippen LogP contribution in [0.25, 0.3) is 0 Å². The molecule has 0 bridgehead atoms. The van der Waals surface area contributed by atoms with Gasteiger partial charge in [-0.15, -0.1) is 0 Å². The highest BCUT2D eigenvalue weighted by atomic mass is 127. The van der Waals surface area contributed by atoms with Gasteiger partial charge >= 0.3 is 0 Å². The van der Waals surface area contributed by atoms with Crippen LogP contribution >= 0.6 is 34.2 Å². The fraction of sp³-hybridized carbons (Fsp3) is 0.400. The van der Waals surface area contributed by atoms with Crippen LogP contribution in [-0.4, -0.2) is 0 Å². The number of hydrazine groups is 1. The number of hydrogen-bond acceptors (Lipinski definition) is 2. The number of rotatable bonds is 4. The van der Waals surface area contributed by atoms with Gasteiger partial charge in [0, 0.05) is 14.6 Å². The molecule has 1 aromatic carbocycles. The van der Waals surface area contributed by atoms with Crippen LogP contribution in [0.5, 0.6) is 0 Å². The van der Waals surface area contributed by atoms with Crippen molar-refractivity contribution in [2.24, 2.45) is 5.84 Å². The van der Waals surface area contributed by atoms with Gasteiger partial charge in [0.25, 0.3) is 0 Å². The second-order valence-corrected chi connectivity index (χ2v) is 4.77. The van der Waals surface area contributed by atoms with E-state index in [0.717, 1.165) is 17.9 Å². The Balaban J connectivity index is 2.96. The van der Waals surface area contributed by atoms with E-state index in [1.165, 1.54) is 9.13 Å². The van der Waals surface area contributed by atoms with Crippen molar-refractivity contribution in [3.8, 4) is 0 Å². The Kier molecular flexibility index (Phi) is 5.15. The van der Waals surface area contributed by atoms with Crippen LogP contribution in [0.2, 0.25) is 5.02 Å². The minimum Gasteiger partial charge on any atom is -0.271 e. The van der Waals surface area contributed by atoms with Gasteiger partial charge in [0.1, 0.15) is 0 Å². The zero-order chi connectivity index (χ0) is 10.6. The number of nitrogens with two attached hydrogens (primary N) is 1.